The summed E-state index contributed by atoms with van der Waals surface area (Å²) >= 11 is 0. The fourth-order valence-corrected chi connectivity index (χ4v) is 1.97. The van der Waals surface area contributed by atoms with Crippen LogP contribution in [0.3, 0.4) is 0 Å². The lowest BCUT2D eigenvalue weighted by atomic mass is 10.1. The highest BCUT2D eigenvalue weighted by Crippen LogP contribution is 2.25. The molecule has 0 atom stereocenters. The van der Waals surface area contributed by atoms with Crippen LogP contribution in [-0.4, -0.2) is 26.9 Å². The van der Waals surface area contributed by atoms with Gasteiger partial charge in [-0.1, -0.05) is 24.3 Å². The van der Waals surface area contributed by atoms with Crippen LogP contribution in [0.4, 0.5) is 0 Å². The molecule has 0 spiro atoms. The van der Waals surface area contributed by atoms with E-state index in [0.29, 0.717) is 19.8 Å². The van der Waals surface area contributed by atoms with E-state index in [0.717, 1.165) is 23.7 Å². The standard InChI is InChI=1S/C17H21NO3/c1-19-16-4-2-3-5-17(16)21-13-12-20-15-8-6-14(7-9-15)10-11-18/h2-9H,10-13,18H2,1H3. The fourth-order valence-electron chi connectivity index (χ4n) is 1.97. The smallest absolute Gasteiger partial charge is 0.161 e. The van der Waals surface area contributed by atoms with Crippen molar-refractivity contribution in [1.82, 2.24) is 0 Å². The molecule has 2 N–H and O–H groups in total. The van der Waals surface area contributed by atoms with Crippen LogP contribution >= 0.6 is 0 Å². The predicted octanol–water partition coefficient (Wildman–Crippen LogP) is 2.65. The largest absolute Gasteiger partial charge is 0.493 e. The van der Waals surface area contributed by atoms with Crippen LogP contribution in [0.25, 0.3) is 0 Å². The summed E-state index contributed by atoms with van der Waals surface area (Å²) in [5.41, 5.74) is 6.74. The van der Waals surface area contributed by atoms with Crippen LogP contribution in [0.5, 0.6) is 17.2 Å². The van der Waals surface area contributed by atoms with E-state index < -0.39 is 0 Å². The van der Waals surface area contributed by atoms with Crippen molar-refractivity contribution in [2.75, 3.05) is 26.9 Å². The number of hydrogen-bond donors (Lipinski definition) is 1. The molecule has 2 aromatic rings. The summed E-state index contributed by atoms with van der Waals surface area (Å²) in [6, 6.07) is 15.5. The lowest BCUT2D eigenvalue weighted by Crippen LogP contribution is -2.09. The van der Waals surface area contributed by atoms with Gasteiger partial charge in [-0.2, -0.15) is 0 Å². The summed E-state index contributed by atoms with van der Waals surface area (Å²) in [6.45, 7) is 1.60. The van der Waals surface area contributed by atoms with Crippen molar-refractivity contribution < 1.29 is 14.2 Å². The molecule has 0 radical (unpaired) electrons. The number of hydrogen-bond acceptors (Lipinski definition) is 4. The third kappa shape index (κ3) is 4.68. The minimum absolute atomic E-state index is 0.463. The first-order valence-corrected chi connectivity index (χ1v) is 7.01. The zero-order valence-electron chi connectivity index (χ0n) is 12.2. The Morgan fingerprint density at radius 1 is 0.857 bits per heavy atom. The van der Waals surface area contributed by atoms with Crippen molar-refractivity contribution >= 4 is 0 Å². The Morgan fingerprint density at radius 3 is 2.19 bits per heavy atom. The lowest BCUT2D eigenvalue weighted by molar-refractivity contribution is 0.211. The Balaban J connectivity index is 1.76. The molecule has 2 aromatic carbocycles. The molecule has 0 heterocycles. The average molecular weight is 287 g/mol. The number of ether oxygens (including phenoxy) is 3. The molecular formula is C17H21NO3. The van der Waals surface area contributed by atoms with Crippen LogP contribution < -0.4 is 19.9 Å². The van der Waals surface area contributed by atoms with Crippen molar-refractivity contribution in [3.05, 3.63) is 54.1 Å². The zero-order chi connectivity index (χ0) is 14.9. The van der Waals surface area contributed by atoms with Gasteiger partial charge in [-0.25, -0.2) is 0 Å². The molecule has 2 rings (SSSR count). The maximum Gasteiger partial charge on any atom is 0.161 e. The molecule has 0 aliphatic carbocycles. The molecular weight excluding hydrogens is 266 g/mol. The Kier molecular flexibility index (Phi) is 5.91. The van der Waals surface area contributed by atoms with Crippen molar-refractivity contribution in [3.63, 3.8) is 0 Å². The van der Waals surface area contributed by atoms with Gasteiger partial charge in [0.2, 0.25) is 0 Å². The molecule has 0 aliphatic heterocycles. The zero-order valence-corrected chi connectivity index (χ0v) is 12.2. The molecule has 0 bridgehead atoms. The topological polar surface area (TPSA) is 53.7 Å². The van der Waals surface area contributed by atoms with E-state index in [2.05, 4.69) is 0 Å². The number of benzene rings is 2. The maximum absolute atomic E-state index is 5.65. The minimum atomic E-state index is 0.463. The van der Waals surface area contributed by atoms with E-state index in [4.69, 9.17) is 19.9 Å². The first-order valence-electron chi connectivity index (χ1n) is 7.01. The number of methoxy groups -OCH3 is 1. The number of para-hydroxylation sites is 2. The molecule has 0 fully saturated rings. The molecule has 0 unspecified atom stereocenters. The Morgan fingerprint density at radius 2 is 1.52 bits per heavy atom. The van der Waals surface area contributed by atoms with E-state index in [1.165, 1.54) is 5.56 Å². The van der Waals surface area contributed by atoms with Crippen molar-refractivity contribution in [2.45, 2.75) is 6.42 Å². The summed E-state index contributed by atoms with van der Waals surface area (Å²) in [4.78, 5) is 0. The Bertz CT molecular complexity index is 540. The average Bonchev–Trinajstić information content (AvgIpc) is 2.54. The quantitative estimate of drug-likeness (QED) is 0.758. The molecule has 0 saturated heterocycles. The molecule has 0 aromatic heterocycles. The normalized spacial score (nSPS) is 10.2. The predicted molar refractivity (Wildman–Crippen MR) is 83.2 cm³/mol. The van der Waals surface area contributed by atoms with E-state index >= 15 is 0 Å². The van der Waals surface area contributed by atoms with Gasteiger partial charge in [0.05, 0.1) is 7.11 Å². The van der Waals surface area contributed by atoms with Gasteiger partial charge in [0.1, 0.15) is 19.0 Å². The van der Waals surface area contributed by atoms with Gasteiger partial charge in [-0.05, 0) is 42.8 Å². The fraction of sp³-hybridized carbons (Fsp3) is 0.294. The molecule has 0 saturated carbocycles. The van der Waals surface area contributed by atoms with E-state index in [9.17, 15) is 0 Å². The van der Waals surface area contributed by atoms with Gasteiger partial charge < -0.3 is 19.9 Å². The molecule has 112 valence electrons. The monoisotopic (exact) mass is 287 g/mol. The van der Waals surface area contributed by atoms with E-state index in [1.54, 1.807) is 7.11 Å². The van der Waals surface area contributed by atoms with Crippen LogP contribution in [0, 0.1) is 0 Å². The second kappa shape index (κ2) is 8.17. The van der Waals surface area contributed by atoms with E-state index in [1.807, 2.05) is 48.5 Å². The van der Waals surface area contributed by atoms with Crippen LogP contribution in [0.15, 0.2) is 48.5 Å². The van der Waals surface area contributed by atoms with Gasteiger partial charge >= 0.3 is 0 Å². The van der Waals surface area contributed by atoms with Gasteiger partial charge in [-0.3, -0.25) is 0 Å². The first-order chi connectivity index (χ1) is 10.3. The van der Waals surface area contributed by atoms with Gasteiger partial charge in [-0.15, -0.1) is 0 Å². The minimum Gasteiger partial charge on any atom is -0.493 e. The van der Waals surface area contributed by atoms with E-state index in [-0.39, 0.29) is 0 Å². The highest BCUT2D eigenvalue weighted by atomic mass is 16.5. The second-order valence-corrected chi connectivity index (χ2v) is 4.53. The third-order valence-electron chi connectivity index (χ3n) is 3.04. The van der Waals surface area contributed by atoms with Crippen LogP contribution in [0.2, 0.25) is 0 Å². The van der Waals surface area contributed by atoms with Gasteiger partial charge in [0.15, 0.2) is 11.5 Å². The van der Waals surface area contributed by atoms with Crippen molar-refractivity contribution in [3.8, 4) is 17.2 Å². The second-order valence-electron chi connectivity index (χ2n) is 4.53. The first kappa shape index (κ1) is 15.2. The number of nitrogens with two attached hydrogens (primary N) is 1. The van der Waals surface area contributed by atoms with Gasteiger partial charge in [0.25, 0.3) is 0 Å². The maximum atomic E-state index is 5.65. The summed E-state index contributed by atoms with van der Waals surface area (Å²) in [6.07, 6.45) is 0.886. The summed E-state index contributed by atoms with van der Waals surface area (Å²) in [7, 11) is 1.63. The highest BCUT2D eigenvalue weighted by molar-refractivity contribution is 5.39. The lowest BCUT2D eigenvalue weighted by Gasteiger charge is -2.11. The van der Waals surface area contributed by atoms with Crippen LogP contribution in [-0.2, 0) is 6.42 Å². The Hall–Kier alpha value is -2.20. The van der Waals surface area contributed by atoms with Gasteiger partial charge in [0, 0.05) is 0 Å². The number of rotatable bonds is 8. The summed E-state index contributed by atoms with van der Waals surface area (Å²) in [5.74, 6) is 2.28. The molecule has 0 aliphatic rings. The van der Waals surface area contributed by atoms with Crippen LogP contribution in [0.1, 0.15) is 5.56 Å². The summed E-state index contributed by atoms with van der Waals surface area (Å²) < 4.78 is 16.5. The summed E-state index contributed by atoms with van der Waals surface area (Å²) in [5, 5.41) is 0. The molecule has 21 heavy (non-hydrogen) atoms. The van der Waals surface area contributed by atoms with Crippen molar-refractivity contribution in [2.24, 2.45) is 5.73 Å². The highest BCUT2D eigenvalue weighted by Gasteiger charge is 2.02. The molecule has 4 heteroatoms. The molecule has 0 amide bonds. The third-order valence-corrected chi connectivity index (χ3v) is 3.04. The van der Waals surface area contributed by atoms with Crippen molar-refractivity contribution in [1.29, 1.82) is 0 Å². The SMILES string of the molecule is COc1ccccc1OCCOc1ccc(CCN)cc1. The Labute approximate surface area is 125 Å². The molecule has 4 nitrogen and oxygen atoms in total.